The van der Waals surface area contributed by atoms with E-state index in [1.807, 2.05) is 0 Å². The van der Waals surface area contributed by atoms with Crippen molar-refractivity contribution in [3.63, 3.8) is 0 Å². The average Bonchev–Trinajstić information content (AvgIpc) is 1.98. The number of ketones is 1. The maximum absolute atomic E-state index is 10.7. The number of carbonyl (C=O) groups excluding carboxylic acids is 1. The van der Waals surface area contributed by atoms with Crippen molar-refractivity contribution >= 4 is 10.2 Å². The summed E-state index contributed by atoms with van der Waals surface area (Å²) < 4.78 is 3.03. The first-order chi connectivity index (χ1) is 5.60. The summed E-state index contributed by atoms with van der Waals surface area (Å²) in [5.74, 6) is 0.0793. The third-order valence-corrected chi connectivity index (χ3v) is 2.16. The van der Waals surface area contributed by atoms with Crippen molar-refractivity contribution in [2.75, 3.05) is 0 Å². The van der Waals surface area contributed by atoms with Crippen molar-refractivity contribution in [2.45, 2.75) is 19.8 Å². The van der Waals surface area contributed by atoms with Crippen molar-refractivity contribution in [3.05, 3.63) is 30.7 Å². The SMILES string of the molecule is [CH-]=C(/C=C(\[C-]=[W])C[CH2-])CC(C)=O.[U+2].[U]. The Morgan fingerprint density at radius 1 is 1.64 bits per heavy atom. The van der Waals surface area contributed by atoms with Crippen molar-refractivity contribution < 1.29 is 86.4 Å². The number of hydrogen-bond acceptors (Lipinski definition) is 1. The topological polar surface area (TPSA) is 17.1 Å². The molecule has 0 aliphatic heterocycles. The van der Waals surface area contributed by atoms with Gasteiger partial charge in [-0.15, -0.1) is 0 Å². The van der Waals surface area contributed by atoms with Gasteiger partial charge >= 0.3 is 116 Å². The number of allylic oxidation sites excluding steroid dienone is 3. The second kappa shape index (κ2) is 12.9. The molecule has 0 aliphatic rings. The molecular weight excluding hydrogens is 796 g/mol. The van der Waals surface area contributed by atoms with Gasteiger partial charge in [0.2, 0.25) is 0 Å². The number of carbonyl (C=O) groups is 1. The van der Waals surface area contributed by atoms with Gasteiger partial charge in [0.25, 0.3) is 0 Å². The summed E-state index contributed by atoms with van der Waals surface area (Å²) in [5.41, 5.74) is 1.57. The fraction of sp³-hybridized carbons (Fsp3) is 0.300. The Labute approximate surface area is 145 Å². The van der Waals surface area contributed by atoms with Crippen LogP contribution >= 0.6 is 0 Å². The molecule has 0 spiro atoms. The third-order valence-electron chi connectivity index (χ3n) is 1.21. The Hall–Kier alpha value is 1.81. The van der Waals surface area contributed by atoms with Crippen molar-refractivity contribution in [1.82, 2.24) is 0 Å². The maximum Gasteiger partial charge on any atom is 2.00 e. The molecule has 0 heterocycles. The Morgan fingerprint density at radius 2 is 2.14 bits per heavy atom. The standard InChI is InChI=1S/C10H11O.2U.W/c1-5-8(2)6-9(3)7-10(4)11;;;/h3,6H,1,5,7H2,4H3;;;/q-3;;+2;/b8-6+;;;. The van der Waals surface area contributed by atoms with Gasteiger partial charge in [-0.25, -0.2) is 0 Å². The predicted molar refractivity (Wildman–Crippen MR) is 46.2 cm³/mol. The average molecular weight is 807 g/mol. The van der Waals surface area contributed by atoms with E-state index in [0.717, 1.165) is 5.57 Å². The minimum atomic E-state index is 0. The van der Waals surface area contributed by atoms with E-state index < -0.39 is 0 Å². The number of Topliss-reactive ketones (excluding diaryl/α,β-unsaturated/α-hetero) is 1. The molecule has 0 radical (unpaired) electrons. The summed E-state index contributed by atoms with van der Waals surface area (Å²) >= 11 is 1.25. The summed E-state index contributed by atoms with van der Waals surface area (Å²) in [6, 6.07) is 0. The fourth-order valence-electron chi connectivity index (χ4n) is 0.715. The van der Waals surface area contributed by atoms with Crippen LogP contribution in [0.1, 0.15) is 19.8 Å². The van der Waals surface area contributed by atoms with Crippen LogP contribution in [0.4, 0.5) is 0 Å². The summed E-state index contributed by atoms with van der Waals surface area (Å²) in [6.45, 7) is 10.8. The smallest absolute Gasteiger partial charge is 0 e. The number of hydrogen-bond donors (Lipinski definition) is 0. The minimum absolute atomic E-state index is 0. The zero-order valence-corrected chi connectivity index (χ0v) is 19.4. The molecule has 0 atom stereocenters. The quantitative estimate of drug-likeness (QED) is 0.306. The van der Waals surface area contributed by atoms with Gasteiger partial charge in [0.1, 0.15) is 0 Å². The molecule has 0 fully saturated rings. The molecule has 0 saturated heterocycles. The van der Waals surface area contributed by atoms with Crippen LogP contribution in [-0.2, 0) is 24.1 Å². The Bertz CT molecular complexity index is 234. The Morgan fingerprint density at radius 3 is 2.43 bits per heavy atom. The largest absolute Gasteiger partial charge is 2.00 e. The van der Waals surface area contributed by atoms with Gasteiger partial charge in [-0.3, -0.25) is 0 Å². The molecular formula is C10H11OU2W-. The van der Waals surface area contributed by atoms with Crippen LogP contribution in [-0.4, -0.2) is 10.2 Å². The normalized spacial score (nSPS) is 9.43. The van der Waals surface area contributed by atoms with E-state index in [-0.39, 0.29) is 68.0 Å². The zero-order chi connectivity index (χ0) is 9.56. The molecule has 0 N–H and O–H groups in total. The van der Waals surface area contributed by atoms with Gasteiger partial charge in [-0.2, -0.15) is 0 Å². The van der Waals surface area contributed by atoms with E-state index >= 15 is 0 Å². The second-order valence-corrected chi connectivity index (χ2v) is 3.21. The van der Waals surface area contributed by atoms with Crippen LogP contribution in [0.5, 0.6) is 0 Å². The molecule has 0 amide bonds. The molecule has 0 saturated carbocycles. The molecule has 4 heteroatoms. The summed E-state index contributed by atoms with van der Waals surface area (Å²) in [6.07, 6.45) is 2.77. The molecule has 0 unspecified atom stereocenters. The van der Waals surface area contributed by atoms with Crippen LogP contribution in [0.2, 0.25) is 0 Å². The first-order valence-electron chi connectivity index (χ1n) is 3.58. The van der Waals surface area contributed by atoms with Crippen LogP contribution in [0.25, 0.3) is 0 Å². The Kier molecular flexibility index (Phi) is 19.4. The van der Waals surface area contributed by atoms with E-state index in [4.69, 9.17) is 6.58 Å². The van der Waals surface area contributed by atoms with E-state index in [1.54, 1.807) is 6.08 Å². The predicted octanol–water partition coefficient (Wildman–Crippen LogP) is 1.70. The van der Waals surface area contributed by atoms with Crippen LogP contribution < -0.4 is 0 Å². The zero-order valence-electron chi connectivity index (χ0n) is 8.09. The van der Waals surface area contributed by atoms with Gasteiger partial charge in [0, 0.05) is 31.1 Å². The van der Waals surface area contributed by atoms with E-state index in [1.165, 1.54) is 26.3 Å². The molecule has 0 aliphatic carbocycles. The van der Waals surface area contributed by atoms with E-state index in [2.05, 4.69) is 11.3 Å². The van der Waals surface area contributed by atoms with Gasteiger partial charge in [-0.1, -0.05) is 0 Å². The molecule has 0 aromatic carbocycles. The van der Waals surface area contributed by atoms with E-state index in [9.17, 15) is 4.79 Å². The summed E-state index contributed by atoms with van der Waals surface area (Å²) in [4.78, 5) is 10.7. The van der Waals surface area contributed by atoms with Crippen molar-refractivity contribution in [1.29, 1.82) is 0 Å². The molecule has 0 aromatic heterocycles. The summed E-state index contributed by atoms with van der Waals surface area (Å²) in [7, 11) is 0. The maximum atomic E-state index is 10.7. The first kappa shape index (κ1) is 21.1. The first-order valence-corrected chi connectivity index (χ1v) is 5.05. The van der Waals surface area contributed by atoms with Gasteiger partial charge in [0.05, 0.1) is 0 Å². The van der Waals surface area contributed by atoms with Gasteiger partial charge < -0.3 is 0 Å². The fourth-order valence-corrected chi connectivity index (χ4v) is 1.29. The molecule has 0 aromatic rings. The van der Waals surface area contributed by atoms with Gasteiger partial charge in [0.15, 0.2) is 0 Å². The summed E-state index contributed by atoms with van der Waals surface area (Å²) in [5, 5.41) is 0. The third kappa shape index (κ3) is 11.9. The molecule has 14 heavy (non-hydrogen) atoms. The molecule has 0 bridgehead atoms. The Balaban J connectivity index is -0.000000605. The van der Waals surface area contributed by atoms with Crippen molar-refractivity contribution in [2.24, 2.45) is 0 Å². The molecule has 72 valence electrons. The van der Waals surface area contributed by atoms with Crippen molar-refractivity contribution in [3.8, 4) is 0 Å². The van der Waals surface area contributed by atoms with Gasteiger partial charge in [-0.05, 0) is 0 Å². The number of rotatable bonds is 5. The van der Waals surface area contributed by atoms with E-state index in [0.29, 0.717) is 18.4 Å². The van der Waals surface area contributed by atoms with Crippen LogP contribution in [0.3, 0.4) is 0 Å². The van der Waals surface area contributed by atoms with Crippen LogP contribution in [0, 0.1) is 75.7 Å². The molecule has 1 nitrogen and oxygen atoms in total. The molecule has 0 rings (SSSR count). The monoisotopic (exact) mass is 807 g/mol. The second-order valence-electron chi connectivity index (χ2n) is 2.48. The minimum Gasteiger partial charge on any atom is 0 e. The van der Waals surface area contributed by atoms with Crippen LogP contribution in [0.15, 0.2) is 17.2 Å².